The monoisotopic (exact) mass is 281 g/mol. The van der Waals surface area contributed by atoms with Crippen LogP contribution in [-0.4, -0.2) is 7.05 Å². The van der Waals surface area contributed by atoms with E-state index in [4.69, 9.17) is 0 Å². The van der Waals surface area contributed by atoms with Crippen molar-refractivity contribution in [1.29, 1.82) is 0 Å². The molecule has 0 aliphatic carbocycles. The second-order valence-electron chi connectivity index (χ2n) is 6.12. The molecule has 0 saturated carbocycles. The van der Waals surface area contributed by atoms with Gasteiger partial charge in [-0.25, -0.2) is 0 Å². The normalized spacial score (nSPS) is 14.0. The summed E-state index contributed by atoms with van der Waals surface area (Å²) in [6, 6.07) is 16.1. The molecule has 0 aliphatic rings. The van der Waals surface area contributed by atoms with Crippen LogP contribution in [0.4, 0.5) is 0 Å². The molecule has 0 heterocycles. The zero-order valence-corrected chi connectivity index (χ0v) is 13.9. The van der Waals surface area contributed by atoms with Crippen LogP contribution in [0.15, 0.2) is 42.5 Å². The Kier molecular flexibility index (Phi) is 5.19. The first-order chi connectivity index (χ1) is 10.0. The van der Waals surface area contributed by atoms with E-state index in [9.17, 15) is 0 Å². The molecule has 2 aromatic rings. The van der Waals surface area contributed by atoms with Crippen molar-refractivity contribution in [3.63, 3.8) is 0 Å². The van der Waals surface area contributed by atoms with Gasteiger partial charge < -0.3 is 5.32 Å². The minimum atomic E-state index is 0.259. The van der Waals surface area contributed by atoms with Gasteiger partial charge in [-0.05, 0) is 49.9 Å². The third kappa shape index (κ3) is 3.74. The number of rotatable bonds is 5. The van der Waals surface area contributed by atoms with Gasteiger partial charge >= 0.3 is 0 Å². The first-order valence-corrected chi connectivity index (χ1v) is 7.90. The van der Waals surface area contributed by atoms with Crippen LogP contribution in [-0.2, 0) is 0 Å². The molecule has 0 bridgehead atoms. The van der Waals surface area contributed by atoms with E-state index in [0.29, 0.717) is 5.92 Å². The van der Waals surface area contributed by atoms with Crippen LogP contribution in [0.2, 0.25) is 0 Å². The van der Waals surface area contributed by atoms with E-state index in [1.807, 2.05) is 7.05 Å². The Hall–Kier alpha value is -1.60. The van der Waals surface area contributed by atoms with Crippen molar-refractivity contribution in [2.24, 2.45) is 0 Å². The van der Waals surface area contributed by atoms with Crippen LogP contribution >= 0.6 is 0 Å². The molecule has 0 fully saturated rings. The smallest absolute Gasteiger partial charge is 0.0574 e. The van der Waals surface area contributed by atoms with Gasteiger partial charge in [-0.2, -0.15) is 0 Å². The predicted octanol–water partition coefficient (Wildman–Crippen LogP) is 5.13. The maximum absolute atomic E-state index is 3.45. The minimum Gasteiger partial charge on any atom is -0.309 e. The van der Waals surface area contributed by atoms with Crippen molar-refractivity contribution < 1.29 is 0 Å². The Balaban J connectivity index is 2.32. The lowest BCUT2D eigenvalue weighted by atomic mass is 9.92. The molecule has 1 heteroatoms. The number of hydrogen-bond donors (Lipinski definition) is 1. The summed E-state index contributed by atoms with van der Waals surface area (Å²) in [6.45, 7) is 8.85. The summed E-state index contributed by atoms with van der Waals surface area (Å²) in [5.41, 5.74) is 6.74. The van der Waals surface area contributed by atoms with Crippen LogP contribution in [0.3, 0.4) is 0 Å². The summed E-state index contributed by atoms with van der Waals surface area (Å²) in [4.78, 5) is 0. The maximum Gasteiger partial charge on any atom is 0.0574 e. The quantitative estimate of drug-likeness (QED) is 0.801. The molecule has 0 spiro atoms. The highest BCUT2D eigenvalue weighted by molar-refractivity contribution is 5.38. The van der Waals surface area contributed by atoms with Crippen LogP contribution < -0.4 is 5.32 Å². The van der Waals surface area contributed by atoms with Gasteiger partial charge in [0.2, 0.25) is 0 Å². The highest BCUT2D eigenvalue weighted by Crippen LogP contribution is 2.26. The van der Waals surface area contributed by atoms with E-state index in [0.717, 1.165) is 0 Å². The minimum absolute atomic E-state index is 0.259. The standard InChI is InChI=1S/C20H27N/c1-6-16(4)17-7-9-18(10-8-17)20(21-5)19-12-14(2)11-15(3)13-19/h7-13,16,20-21H,6H2,1-5H3. The van der Waals surface area contributed by atoms with Crippen molar-refractivity contribution in [1.82, 2.24) is 5.32 Å². The molecule has 0 amide bonds. The van der Waals surface area contributed by atoms with Crippen molar-refractivity contribution >= 4 is 0 Å². The van der Waals surface area contributed by atoms with E-state index >= 15 is 0 Å². The number of nitrogens with one attached hydrogen (secondary N) is 1. The molecule has 112 valence electrons. The molecule has 0 aromatic heterocycles. The van der Waals surface area contributed by atoms with Crippen molar-refractivity contribution in [2.45, 2.75) is 46.1 Å². The molecule has 21 heavy (non-hydrogen) atoms. The average Bonchev–Trinajstić information content (AvgIpc) is 2.47. The van der Waals surface area contributed by atoms with Gasteiger partial charge in [-0.1, -0.05) is 67.4 Å². The predicted molar refractivity (Wildman–Crippen MR) is 92.0 cm³/mol. The van der Waals surface area contributed by atoms with Gasteiger partial charge in [-0.3, -0.25) is 0 Å². The van der Waals surface area contributed by atoms with E-state index < -0.39 is 0 Å². The fraction of sp³-hybridized carbons (Fsp3) is 0.400. The van der Waals surface area contributed by atoms with Gasteiger partial charge in [0.25, 0.3) is 0 Å². The molecule has 1 nitrogen and oxygen atoms in total. The molecule has 1 N–H and O–H groups in total. The van der Waals surface area contributed by atoms with E-state index in [-0.39, 0.29) is 6.04 Å². The zero-order chi connectivity index (χ0) is 15.4. The molecule has 2 atom stereocenters. The van der Waals surface area contributed by atoms with E-state index in [1.54, 1.807) is 0 Å². The van der Waals surface area contributed by atoms with Gasteiger partial charge in [0.15, 0.2) is 0 Å². The van der Waals surface area contributed by atoms with Crippen molar-refractivity contribution in [3.05, 3.63) is 70.3 Å². The Morgan fingerprint density at radius 1 is 0.857 bits per heavy atom. The Labute approximate surface area is 129 Å². The molecular formula is C20H27N. The topological polar surface area (TPSA) is 12.0 Å². The summed E-state index contributed by atoms with van der Waals surface area (Å²) < 4.78 is 0. The number of aryl methyl sites for hydroxylation is 2. The number of benzene rings is 2. The fourth-order valence-electron chi connectivity index (χ4n) is 2.96. The average molecular weight is 281 g/mol. The van der Waals surface area contributed by atoms with Gasteiger partial charge in [0.1, 0.15) is 0 Å². The number of hydrogen-bond acceptors (Lipinski definition) is 1. The van der Waals surface area contributed by atoms with Crippen molar-refractivity contribution in [2.75, 3.05) is 7.05 Å². The van der Waals surface area contributed by atoms with Crippen LogP contribution in [0.5, 0.6) is 0 Å². The summed E-state index contributed by atoms with van der Waals surface area (Å²) in [5, 5.41) is 3.45. The first-order valence-electron chi connectivity index (χ1n) is 7.90. The first kappa shape index (κ1) is 15.8. The lowest BCUT2D eigenvalue weighted by Gasteiger charge is -2.19. The third-order valence-electron chi connectivity index (χ3n) is 4.32. The molecule has 2 rings (SSSR count). The molecule has 0 saturated heterocycles. The summed E-state index contributed by atoms with van der Waals surface area (Å²) in [6.07, 6.45) is 1.19. The van der Waals surface area contributed by atoms with Gasteiger partial charge in [-0.15, -0.1) is 0 Å². The van der Waals surface area contributed by atoms with Crippen LogP contribution in [0, 0.1) is 13.8 Å². The van der Waals surface area contributed by atoms with Crippen LogP contribution in [0.1, 0.15) is 60.0 Å². The Morgan fingerprint density at radius 3 is 1.86 bits per heavy atom. The fourth-order valence-corrected chi connectivity index (χ4v) is 2.96. The summed E-state index contributed by atoms with van der Waals surface area (Å²) in [5.74, 6) is 0.633. The van der Waals surface area contributed by atoms with Gasteiger partial charge in [0, 0.05) is 0 Å². The summed E-state index contributed by atoms with van der Waals surface area (Å²) >= 11 is 0. The SMILES string of the molecule is CCC(C)c1ccc(C(NC)c2cc(C)cc(C)c2)cc1. The lowest BCUT2D eigenvalue weighted by molar-refractivity contribution is 0.687. The highest BCUT2D eigenvalue weighted by atomic mass is 14.9. The zero-order valence-electron chi connectivity index (χ0n) is 13.9. The van der Waals surface area contributed by atoms with E-state index in [2.05, 4.69) is 75.5 Å². The molecule has 2 aromatic carbocycles. The third-order valence-corrected chi connectivity index (χ3v) is 4.32. The molecule has 2 unspecified atom stereocenters. The van der Waals surface area contributed by atoms with Gasteiger partial charge in [0.05, 0.1) is 6.04 Å². The molecule has 0 aliphatic heterocycles. The van der Waals surface area contributed by atoms with Crippen molar-refractivity contribution in [3.8, 4) is 0 Å². The highest BCUT2D eigenvalue weighted by Gasteiger charge is 2.13. The Morgan fingerprint density at radius 2 is 1.38 bits per heavy atom. The van der Waals surface area contributed by atoms with Crippen LogP contribution in [0.25, 0.3) is 0 Å². The maximum atomic E-state index is 3.45. The summed E-state index contributed by atoms with van der Waals surface area (Å²) in [7, 11) is 2.03. The largest absolute Gasteiger partial charge is 0.309 e. The Bertz CT molecular complexity index is 563. The van der Waals surface area contributed by atoms with E-state index in [1.165, 1.54) is 34.2 Å². The second-order valence-corrected chi connectivity index (χ2v) is 6.12. The molecular weight excluding hydrogens is 254 g/mol. The lowest BCUT2D eigenvalue weighted by Crippen LogP contribution is -2.18. The molecule has 0 radical (unpaired) electrons. The second kappa shape index (κ2) is 6.91.